The molecule has 0 aliphatic carbocycles. The van der Waals surface area contributed by atoms with E-state index in [0.717, 1.165) is 21.3 Å². The second-order valence-electron chi connectivity index (χ2n) is 6.34. The third-order valence-corrected chi connectivity index (χ3v) is 5.16. The molecule has 8 heteroatoms. The first-order chi connectivity index (χ1) is 12.4. The molecule has 4 aromatic rings. The number of hydrogen-bond donors (Lipinski definition) is 1. The Bertz CT molecular complexity index is 1220. The molecule has 0 spiro atoms. The Morgan fingerprint density at radius 3 is 2.92 bits per heavy atom. The molecule has 132 valence electrons. The van der Waals surface area contributed by atoms with Crippen LogP contribution in [0.2, 0.25) is 0 Å². The standard InChI is InChI=1S/C18H17N5O2S/c1-10-4-5-12-13(6-10)26-18(20-12)21-14(24)8-23-9-19-15-11(2)7-22(3)17(25)16(15)23/h4-7,9H,8H2,1-3H3,(H,20,21,24). The van der Waals surface area contributed by atoms with Gasteiger partial charge >= 0.3 is 0 Å². The van der Waals surface area contributed by atoms with E-state index in [1.807, 2.05) is 32.0 Å². The Kier molecular flexibility index (Phi) is 3.84. The largest absolute Gasteiger partial charge is 0.317 e. The van der Waals surface area contributed by atoms with Crippen molar-refractivity contribution >= 4 is 43.6 Å². The van der Waals surface area contributed by atoms with Crippen molar-refractivity contribution in [1.29, 1.82) is 0 Å². The fourth-order valence-corrected chi connectivity index (χ4v) is 3.97. The van der Waals surface area contributed by atoms with Gasteiger partial charge < -0.3 is 14.5 Å². The minimum Gasteiger partial charge on any atom is -0.317 e. The lowest BCUT2D eigenvalue weighted by atomic mass is 10.2. The molecular weight excluding hydrogens is 350 g/mol. The zero-order chi connectivity index (χ0) is 18.4. The lowest BCUT2D eigenvalue weighted by Crippen LogP contribution is -2.23. The summed E-state index contributed by atoms with van der Waals surface area (Å²) in [5, 5.41) is 3.36. The van der Waals surface area contributed by atoms with Crippen molar-refractivity contribution in [2.45, 2.75) is 20.4 Å². The van der Waals surface area contributed by atoms with Crippen LogP contribution in [0.5, 0.6) is 0 Å². The summed E-state index contributed by atoms with van der Waals surface area (Å²) in [5.74, 6) is -0.247. The molecular formula is C18H17N5O2S. The predicted octanol–water partition coefficient (Wildman–Crippen LogP) is 2.60. The summed E-state index contributed by atoms with van der Waals surface area (Å²) in [5.41, 5.74) is 3.77. The summed E-state index contributed by atoms with van der Waals surface area (Å²) >= 11 is 1.43. The van der Waals surface area contributed by atoms with Gasteiger partial charge in [0.1, 0.15) is 12.1 Å². The van der Waals surface area contributed by atoms with Gasteiger partial charge in [-0.2, -0.15) is 0 Å². The zero-order valence-electron chi connectivity index (χ0n) is 14.6. The maximum Gasteiger partial charge on any atom is 0.276 e. The molecule has 1 N–H and O–H groups in total. The number of aromatic nitrogens is 4. The molecule has 0 atom stereocenters. The van der Waals surface area contributed by atoms with Crippen molar-refractivity contribution < 1.29 is 4.79 Å². The van der Waals surface area contributed by atoms with E-state index in [1.54, 1.807) is 17.8 Å². The highest BCUT2D eigenvalue weighted by molar-refractivity contribution is 7.22. The molecule has 3 heterocycles. The molecule has 0 radical (unpaired) electrons. The molecule has 0 bridgehead atoms. The fraction of sp³-hybridized carbons (Fsp3) is 0.222. The molecule has 4 rings (SSSR count). The van der Waals surface area contributed by atoms with E-state index in [9.17, 15) is 9.59 Å². The molecule has 0 aliphatic heterocycles. The molecule has 7 nitrogen and oxygen atoms in total. The number of nitrogens with one attached hydrogen (secondary N) is 1. The van der Waals surface area contributed by atoms with Gasteiger partial charge in [-0.1, -0.05) is 17.4 Å². The molecule has 0 saturated heterocycles. The SMILES string of the molecule is Cc1ccc2nc(NC(=O)Cn3cnc4c(C)cn(C)c(=O)c43)sc2c1. The number of fused-ring (bicyclic) bond motifs is 2. The normalized spacial score (nSPS) is 11.3. The zero-order valence-corrected chi connectivity index (χ0v) is 15.4. The van der Waals surface area contributed by atoms with Crippen LogP contribution < -0.4 is 10.9 Å². The molecule has 0 fully saturated rings. The number of anilines is 1. The Morgan fingerprint density at radius 1 is 1.31 bits per heavy atom. The Balaban J connectivity index is 1.62. The molecule has 1 aromatic carbocycles. The Morgan fingerprint density at radius 2 is 2.12 bits per heavy atom. The predicted molar refractivity (Wildman–Crippen MR) is 103 cm³/mol. The van der Waals surface area contributed by atoms with Crippen LogP contribution in [0.3, 0.4) is 0 Å². The van der Waals surface area contributed by atoms with E-state index in [-0.39, 0.29) is 18.0 Å². The monoisotopic (exact) mass is 367 g/mol. The lowest BCUT2D eigenvalue weighted by Gasteiger charge is -2.06. The molecule has 3 aromatic heterocycles. The van der Waals surface area contributed by atoms with Crippen LogP contribution in [0, 0.1) is 13.8 Å². The second kappa shape index (κ2) is 6.06. The quantitative estimate of drug-likeness (QED) is 0.603. The number of aryl methyl sites for hydroxylation is 3. The van der Waals surface area contributed by atoms with E-state index >= 15 is 0 Å². The number of carbonyl (C=O) groups is 1. The highest BCUT2D eigenvalue weighted by Gasteiger charge is 2.14. The molecule has 0 aliphatic rings. The van der Waals surface area contributed by atoms with E-state index in [2.05, 4.69) is 15.3 Å². The van der Waals surface area contributed by atoms with Crippen LogP contribution in [-0.2, 0) is 18.4 Å². The molecule has 0 unspecified atom stereocenters. The average Bonchev–Trinajstić information content (AvgIpc) is 3.16. The number of thiazole rings is 1. The minimum atomic E-state index is -0.247. The van der Waals surface area contributed by atoms with Crippen molar-refractivity contribution in [3.63, 3.8) is 0 Å². The van der Waals surface area contributed by atoms with Crippen LogP contribution >= 0.6 is 11.3 Å². The van der Waals surface area contributed by atoms with Crippen LogP contribution in [0.1, 0.15) is 11.1 Å². The Hall–Kier alpha value is -3.00. The number of nitrogens with zero attached hydrogens (tertiary/aromatic N) is 4. The summed E-state index contributed by atoms with van der Waals surface area (Å²) in [6.07, 6.45) is 3.27. The maximum atomic E-state index is 12.4. The number of pyridine rings is 1. The average molecular weight is 367 g/mol. The summed E-state index contributed by atoms with van der Waals surface area (Å²) in [4.78, 5) is 33.6. The second-order valence-corrected chi connectivity index (χ2v) is 7.37. The lowest BCUT2D eigenvalue weighted by molar-refractivity contribution is -0.116. The number of amides is 1. The molecule has 1 amide bonds. The summed E-state index contributed by atoms with van der Waals surface area (Å²) < 4.78 is 4.11. The number of benzene rings is 1. The van der Waals surface area contributed by atoms with Crippen LogP contribution in [0.4, 0.5) is 5.13 Å². The van der Waals surface area contributed by atoms with Crippen LogP contribution in [-0.4, -0.2) is 25.0 Å². The van der Waals surface area contributed by atoms with Crippen molar-refractivity contribution in [3.8, 4) is 0 Å². The van der Waals surface area contributed by atoms with Gasteiger partial charge in [0.2, 0.25) is 5.91 Å². The summed E-state index contributed by atoms with van der Waals surface area (Å²) in [6.45, 7) is 3.91. The minimum absolute atomic E-state index is 0.00411. The van der Waals surface area contributed by atoms with Gasteiger partial charge in [-0.25, -0.2) is 9.97 Å². The van der Waals surface area contributed by atoms with Gasteiger partial charge in [0.25, 0.3) is 5.56 Å². The topological polar surface area (TPSA) is 81.8 Å². The van der Waals surface area contributed by atoms with Crippen molar-refractivity contribution in [2.75, 3.05) is 5.32 Å². The number of rotatable bonds is 3. The van der Waals surface area contributed by atoms with E-state index in [0.29, 0.717) is 16.2 Å². The van der Waals surface area contributed by atoms with E-state index in [4.69, 9.17) is 0 Å². The van der Waals surface area contributed by atoms with Gasteiger partial charge in [0.15, 0.2) is 5.13 Å². The highest BCUT2D eigenvalue weighted by Crippen LogP contribution is 2.26. The van der Waals surface area contributed by atoms with Crippen molar-refractivity contribution in [1.82, 2.24) is 19.1 Å². The van der Waals surface area contributed by atoms with Gasteiger partial charge in [-0.15, -0.1) is 0 Å². The first-order valence-electron chi connectivity index (χ1n) is 8.10. The number of hydrogen-bond acceptors (Lipinski definition) is 5. The fourth-order valence-electron chi connectivity index (χ4n) is 2.99. The summed E-state index contributed by atoms with van der Waals surface area (Å²) in [7, 11) is 1.69. The van der Waals surface area contributed by atoms with Crippen LogP contribution in [0.25, 0.3) is 21.3 Å². The van der Waals surface area contributed by atoms with Crippen molar-refractivity contribution in [3.05, 3.63) is 52.2 Å². The third-order valence-electron chi connectivity index (χ3n) is 4.23. The van der Waals surface area contributed by atoms with E-state index in [1.165, 1.54) is 22.2 Å². The summed E-state index contributed by atoms with van der Waals surface area (Å²) in [6, 6.07) is 5.97. The first kappa shape index (κ1) is 16.5. The third kappa shape index (κ3) is 2.78. The first-order valence-corrected chi connectivity index (χ1v) is 8.92. The Labute approximate surface area is 152 Å². The maximum absolute atomic E-state index is 12.4. The number of carbonyl (C=O) groups excluding carboxylic acids is 1. The van der Waals surface area contributed by atoms with Gasteiger partial charge in [0.05, 0.1) is 22.1 Å². The van der Waals surface area contributed by atoms with Crippen LogP contribution in [0.15, 0.2) is 35.5 Å². The van der Waals surface area contributed by atoms with Gasteiger partial charge in [0, 0.05) is 13.2 Å². The molecule has 26 heavy (non-hydrogen) atoms. The van der Waals surface area contributed by atoms with Gasteiger partial charge in [-0.3, -0.25) is 9.59 Å². The van der Waals surface area contributed by atoms with Gasteiger partial charge in [-0.05, 0) is 37.1 Å². The number of imidazole rings is 1. The van der Waals surface area contributed by atoms with Crippen molar-refractivity contribution in [2.24, 2.45) is 7.05 Å². The molecule has 0 saturated carbocycles. The van der Waals surface area contributed by atoms with E-state index < -0.39 is 0 Å². The highest BCUT2D eigenvalue weighted by atomic mass is 32.1. The smallest absolute Gasteiger partial charge is 0.276 e.